The van der Waals surface area contributed by atoms with Gasteiger partial charge in [0.05, 0.1) is 0 Å². The Bertz CT molecular complexity index is 75.7. The molecule has 0 aliphatic heterocycles. The molecular formula is C8H19NS. The van der Waals surface area contributed by atoms with Crippen molar-refractivity contribution in [2.24, 2.45) is 5.92 Å². The van der Waals surface area contributed by atoms with Crippen molar-refractivity contribution >= 4 is 12.6 Å². The van der Waals surface area contributed by atoms with Crippen molar-refractivity contribution < 1.29 is 0 Å². The van der Waals surface area contributed by atoms with E-state index in [-0.39, 0.29) is 0 Å². The minimum atomic E-state index is 0.567. The summed E-state index contributed by atoms with van der Waals surface area (Å²) in [4.78, 5) is 0. The predicted molar refractivity (Wildman–Crippen MR) is 50.8 cm³/mol. The van der Waals surface area contributed by atoms with Crippen LogP contribution in [0.5, 0.6) is 0 Å². The molecule has 2 atom stereocenters. The summed E-state index contributed by atoms with van der Waals surface area (Å²) in [7, 11) is 1.98. The highest BCUT2D eigenvalue weighted by Gasteiger charge is 2.09. The van der Waals surface area contributed by atoms with Crippen molar-refractivity contribution in [3.05, 3.63) is 0 Å². The van der Waals surface area contributed by atoms with Crippen LogP contribution in [0.2, 0.25) is 0 Å². The Morgan fingerprint density at radius 2 is 2.10 bits per heavy atom. The molecule has 0 saturated carbocycles. The Kier molecular flexibility index (Phi) is 6.24. The van der Waals surface area contributed by atoms with Gasteiger partial charge in [-0.1, -0.05) is 20.3 Å². The summed E-state index contributed by atoms with van der Waals surface area (Å²) < 4.78 is 0. The van der Waals surface area contributed by atoms with Crippen LogP contribution in [0.15, 0.2) is 0 Å². The van der Waals surface area contributed by atoms with E-state index in [2.05, 4.69) is 31.8 Å². The van der Waals surface area contributed by atoms with Gasteiger partial charge < -0.3 is 5.32 Å². The third-order valence-corrected chi connectivity index (χ3v) is 2.76. The van der Waals surface area contributed by atoms with Gasteiger partial charge in [-0.2, -0.15) is 12.6 Å². The summed E-state index contributed by atoms with van der Waals surface area (Å²) in [5.41, 5.74) is 0. The van der Waals surface area contributed by atoms with E-state index in [0.29, 0.717) is 5.25 Å². The Morgan fingerprint density at radius 3 is 2.50 bits per heavy atom. The molecule has 0 aromatic rings. The normalized spacial score (nSPS) is 16.8. The maximum Gasteiger partial charge on any atom is 0.00544 e. The number of thiol groups is 1. The van der Waals surface area contributed by atoms with Crippen LogP contribution in [0.1, 0.15) is 26.7 Å². The fourth-order valence-electron chi connectivity index (χ4n) is 0.849. The fourth-order valence-corrected chi connectivity index (χ4v) is 1.19. The van der Waals surface area contributed by atoms with Gasteiger partial charge in [0.15, 0.2) is 0 Å². The summed E-state index contributed by atoms with van der Waals surface area (Å²) in [6.07, 6.45) is 2.41. The molecule has 0 spiro atoms. The van der Waals surface area contributed by atoms with Gasteiger partial charge in [-0.15, -0.1) is 0 Å². The maximum absolute atomic E-state index is 4.50. The maximum atomic E-state index is 4.50. The van der Waals surface area contributed by atoms with Gasteiger partial charge in [0.1, 0.15) is 0 Å². The lowest BCUT2D eigenvalue weighted by atomic mass is 10.0. The average Bonchev–Trinajstić information content (AvgIpc) is 1.98. The summed E-state index contributed by atoms with van der Waals surface area (Å²) in [5.74, 6) is 0.747. The van der Waals surface area contributed by atoms with Crippen molar-refractivity contribution in [3.63, 3.8) is 0 Å². The molecule has 0 aliphatic carbocycles. The standard InChI is InChI=1S/C8H19NS/c1-4-7(2)8(10)5-6-9-3/h7-10H,4-6H2,1-3H3. The van der Waals surface area contributed by atoms with Crippen LogP contribution in [-0.4, -0.2) is 18.8 Å². The van der Waals surface area contributed by atoms with Gasteiger partial charge in [-0.3, -0.25) is 0 Å². The predicted octanol–water partition coefficient (Wildman–Crippen LogP) is 1.94. The Morgan fingerprint density at radius 1 is 1.50 bits per heavy atom. The number of hydrogen-bond donors (Lipinski definition) is 2. The zero-order valence-electron chi connectivity index (χ0n) is 7.22. The molecule has 0 heterocycles. The van der Waals surface area contributed by atoms with E-state index in [0.717, 1.165) is 12.5 Å². The highest BCUT2D eigenvalue weighted by Crippen LogP contribution is 2.15. The molecule has 0 radical (unpaired) electrons. The van der Waals surface area contributed by atoms with Crippen LogP contribution in [-0.2, 0) is 0 Å². The number of nitrogens with one attached hydrogen (secondary N) is 1. The van der Waals surface area contributed by atoms with Crippen molar-refractivity contribution in [1.82, 2.24) is 5.32 Å². The summed E-state index contributed by atoms with van der Waals surface area (Å²) >= 11 is 4.50. The first-order valence-corrected chi connectivity index (χ1v) is 4.56. The highest BCUT2D eigenvalue weighted by molar-refractivity contribution is 7.81. The van der Waals surface area contributed by atoms with E-state index in [9.17, 15) is 0 Å². The molecule has 0 saturated heterocycles. The first kappa shape index (κ1) is 10.3. The highest BCUT2D eigenvalue weighted by atomic mass is 32.1. The molecule has 2 unspecified atom stereocenters. The molecule has 2 heteroatoms. The summed E-state index contributed by atoms with van der Waals surface area (Å²) in [6.45, 7) is 5.55. The van der Waals surface area contributed by atoms with Gasteiger partial charge in [0.25, 0.3) is 0 Å². The SMILES string of the molecule is CCC(C)C(S)CCNC. The van der Waals surface area contributed by atoms with Gasteiger partial charge in [0.2, 0.25) is 0 Å². The van der Waals surface area contributed by atoms with Crippen molar-refractivity contribution in [3.8, 4) is 0 Å². The van der Waals surface area contributed by atoms with Crippen LogP contribution in [0.3, 0.4) is 0 Å². The lowest BCUT2D eigenvalue weighted by Crippen LogP contribution is -2.18. The molecule has 0 fully saturated rings. The van der Waals surface area contributed by atoms with Crippen LogP contribution in [0.4, 0.5) is 0 Å². The lowest BCUT2D eigenvalue weighted by molar-refractivity contribution is 0.506. The van der Waals surface area contributed by atoms with Gasteiger partial charge in [-0.25, -0.2) is 0 Å². The summed E-state index contributed by atoms with van der Waals surface area (Å²) in [5, 5.41) is 3.70. The monoisotopic (exact) mass is 161 g/mol. The minimum absolute atomic E-state index is 0.567. The summed E-state index contributed by atoms with van der Waals surface area (Å²) in [6, 6.07) is 0. The first-order valence-electron chi connectivity index (χ1n) is 4.05. The van der Waals surface area contributed by atoms with E-state index in [4.69, 9.17) is 0 Å². The van der Waals surface area contributed by atoms with Gasteiger partial charge in [0, 0.05) is 5.25 Å². The lowest BCUT2D eigenvalue weighted by Gasteiger charge is -2.16. The Hall–Kier alpha value is 0.310. The molecule has 1 nitrogen and oxygen atoms in total. The molecule has 62 valence electrons. The molecule has 0 amide bonds. The van der Waals surface area contributed by atoms with E-state index < -0.39 is 0 Å². The number of rotatable bonds is 5. The van der Waals surface area contributed by atoms with Crippen LogP contribution >= 0.6 is 12.6 Å². The molecular weight excluding hydrogens is 142 g/mol. The second-order valence-corrected chi connectivity index (χ2v) is 3.51. The quantitative estimate of drug-likeness (QED) is 0.587. The zero-order chi connectivity index (χ0) is 7.98. The number of hydrogen-bond acceptors (Lipinski definition) is 2. The molecule has 1 N–H and O–H groups in total. The van der Waals surface area contributed by atoms with Crippen LogP contribution in [0.25, 0.3) is 0 Å². The topological polar surface area (TPSA) is 12.0 Å². The van der Waals surface area contributed by atoms with Crippen molar-refractivity contribution in [1.29, 1.82) is 0 Å². The Labute approximate surface area is 70.0 Å². The molecule has 0 aromatic carbocycles. The molecule has 0 bridgehead atoms. The smallest absolute Gasteiger partial charge is 0.00544 e. The molecule has 0 rings (SSSR count). The van der Waals surface area contributed by atoms with E-state index >= 15 is 0 Å². The van der Waals surface area contributed by atoms with Crippen molar-refractivity contribution in [2.75, 3.05) is 13.6 Å². The molecule has 0 aliphatic rings. The first-order chi connectivity index (χ1) is 4.72. The van der Waals surface area contributed by atoms with E-state index in [1.54, 1.807) is 0 Å². The average molecular weight is 161 g/mol. The van der Waals surface area contributed by atoms with E-state index in [1.807, 2.05) is 7.05 Å². The molecule has 0 aromatic heterocycles. The largest absolute Gasteiger partial charge is 0.320 e. The Balaban J connectivity index is 3.31. The van der Waals surface area contributed by atoms with Gasteiger partial charge >= 0.3 is 0 Å². The van der Waals surface area contributed by atoms with E-state index in [1.165, 1.54) is 12.8 Å². The second-order valence-electron chi connectivity index (χ2n) is 2.85. The van der Waals surface area contributed by atoms with Crippen LogP contribution in [0, 0.1) is 5.92 Å². The molecule has 10 heavy (non-hydrogen) atoms. The fraction of sp³-hybridized carbons (Fsp3) is 1.00. The van der Waals surface area contributed by atoms with Crippen molar-refractivity contribution in [2.45, 2.75) is 31.9 Å². The second kappa shape index (κ2) is 6.05. The minimum Gasteiger partial charge on any atom is -0.320 e. The van der Waals surface area contributed by atoms with Crippen LogP contribution < -0.4 is 5.32 Å². The third-order valence-electron chi connectivity index (χ3n) is 1.99. The zero-order valence-corrected chi connectivity index (χ0v) is 8.12. The third kappa shape index (κ3) is 4.18. The van der Waals surface area contributed by atoms with Gasteiger partial charge in [-0.05, 0) is 25.9 Å².